The average Bonchev–Trinajstić information content (AvgIpc) is 2.37. The number of benzene rings is 1. The molecule has 2 nitrogen and oxygen atoms in total. The van der Waals surface area contributed by atoms with Crippen molar-refractivity contribution in [1.29, 1.82) is 0 Å². The molecule has 1 aromatic heterocycles. The van der Waals surface area contributed by atoms with Crippen LogP contribution in [-0.4, -0.2) is 13.6 Å². The summed E-state index contributed by atoms with van der Waals surface area (Å²) in [6.45, 7) is 2.96. The number of halogens is 1. The zero-order chi connectivity index (χ0) is 13.1. The van der Waals surface area contributed by atoms with E-state index in [2.05, 4.69) is 6.92 Å². The van der Waals surface area contributed by atoms with Gasteiger partial charge in [-0.1, -0.05) is 13.3 Å². The molecule has 0 N–H and O–H groups in total. The Bertz CT molecular complexity index is 608. The van der Waals surface area contributed by atoms with Crippen molar-refractivity contribution in [3.8, 4) is 0 Å². The summed E-state index contributed by atoms with van der Waals surface area (Å²) in [7, 11) is 1.91. The van der Waals surface area contributed by atoms with Gasteiger partial charge < -0.3 is 4.90 Å². The van der Waals surface area contributed by atoms with Gasteiger partial charge in [0.25, 0.3) is 0 Å². The van der Waals surface area contributed by atoms with Crippen LogP contribution in [0.2, 0.25) is 0 Å². The molecule has 0 radical (unpaired) electrons. The SMILES string of the molecule is CCCCN(C)c1csc2ccc(F)cc2c1=O. The van der Waals surface area contributed by atoms with Crippen LogP contribution in [0, 0.1) is 5.82 Å². The first-order valence-electron chi connectivity index (χ1n) is 6.05. The summed E-state index contributed by atoms with van der Waals surface area (Å²) in [6, 6.07) is 4.37. The third kappa shape index (κ3) is 2.53. The molecule has 0 saturated carbocycles. The molecule has 0 spiro atoms. The highest BCUT2D eigenvalue weighted by molar-refractivity contribution is 7.16. The summed E-state index contributed by atoms with van der Waals surface area (Å²) < 4.78 is 14.0. The number of hydrogen-bond donors (Lipinski definition) is 0. The first-order valence-corrected chi connectivity index (χ1v) is 6.93. The summed E-state index contributed by atoms with van der Waals surface area (Å²) in [5, 5.41) is 2.33. The smallest absolute Gasteiger partial charge is 0.211 e. The Morgan fingerprint density at radius 1 is 1.39 bits per heavy atom. The van der Waals surface area contributed by atoms with Gasteiger partial charge in [0.15, 0.2) is 0 Å². The molecule has 0 aliphatic carbocycles. The van der Waals surface area contributed by atoms with E-state index in [1.807, 2.05) is 17.3 Å². The Kier molecular flexibility index (Phi) is 3.97. The quantitative estimate of drug-likeness (QED) is 0.841. The molecule has 0 unspecified atom stereocenters. The van der Waals surface area contributed by atoms with Crippen LogP contribution < -0.4 is 10.3 Å². The van der Waals surface area contributed by atoms with Crippen LogP contribution in [-0.2, 0) is 0 Å². The van der Waals surface area contributed by atoms with Crippen LogP contribution in [0.4, 0.5) is 10.1 Å². The molecule has 2 rings (SSSR count). The van der Waals surface area contributed by atoms with Crippen molar-refractivity contribution in [2.75, 3.05) is 18.5 Å². The summed E-state index contributed by atoms with van der Waals surface area (Å²) in [5.41, 5.74) is 0.577. The molecular weight excluding hydrogens is 249 g/mol. The molecule has 0 aliphatic rings. The maximum Gasteiger partial charge on any atom is 0.211 e. The van der Waals surface area contributed by atoms with Crippen LogP contribution in [0.25, 0.3) is 10.1 Å². The van der Waals surface area contributed by atoms with Crippen molar-refractivity contribution in [1.82, 2.24) is 0 Å². The molecule has 0 atom stereocenters. The zero-order valence-corrected chi connectivity index (χ0v) is 11.4. The fourth-order valence-corrected chi connectivity index (χ4v) is 2.82. The van der Waals surface area contributed by atoms with Gasteiger partial charge in [0, 0.05) is 29.1 Å². The Hall–Kier alpha value is -1.42. The van der Waals surface area contributed by atoms with E-state index in [0.717, 1.165) is 24.1 Å². The largest absolute Gasteiger partial charge is 0.371 e. The predicted octanol–water partition coefficient (Wildman–Crippen LogP) is 3.64. The topological polar surface area (TPSA) is 20.3 Å². The number of unbranched alkanes of at least 4 members (excludes halogenated alkanes) is 1. The third-order valence-corrected chi connectivity index (χ3v) is 3.93. The van der Waals surface area contributed by atoms with Crippen molar-refractivity contribution in [3.05, 3.63) is 39.6 Å². The highest BCUT2D eigenvalue weighted by Gasteiger charge is 2.09. The van der Waals surface area contributed by atoms with E-state index >= 15 is 0 Å². The van der Waals surface area contributed by atoms with Gasteiger partial charge in [-0.15, -0.1) is 11.3 Å². The Labute approximate surface area is 110 Å². The maximum atomic E-state index is 13.2. The number of anilines is 1. The normalized spacial score (nSPS) is 10.8. The van der Waals surface area contributed by atoms with E-state index in [4.69, 9.17) is 0 Å². The lowest BCUT2D eigenvalue weighted by Crippen LogP contribution is -2.24. The molecule has 0 bridgehead atoms. The second kappa shape index (κ2) is 5.48. The lowest BCUT2D eigenvalue weighted by molar-refractivity contribution is 0.629. The lowest BCUT2D eigenvalue weighted by atomic mass is 10.2. The molecule has 0 amide bonds. The molecule has 1 aromatic carbocycles. The predicted molar refractivity (Wildman–Crippen MR) is 76.2 cm³/mol. The molecule has 18 heavy (non-hydrogen) atoms. The average molecular weight is 265 g/mol. The highest BCUT2D eigenvalue weighted by atomic mass is 32.1. The van der Waals surface area contributed by atoms with Crippen LogP contribution in [0.15, 0.2) is 28.4 Å². The van der Waals surface area contributed by atoms with Crippen molar-refractivity contribution in [2.24, 2.45) is 0 Å². The molecule has 0 aliphatic heterocycles. The maximum absolute atomic E-state index is 13.2. The standard InChI is InChI=1S/C14H16FNOS/c1-3-4-7-16(2)12-9-18-13-6-5-10(15)8-11(13)14(12)17/h5-6,8-9H,3-4,7H2,1-2H3. The van der Waals surface area contributed by atoms with E-state index < -0.39 is 0 Å². The van der Waals surface area contributed by atoms with E-state index in [0.29, 0.717) is 11.1 Å². The second-order valence-corrected chi connectivity index (χ2v) is 5.28. The van der Waals surface area contributed by atoms with Gasteiger partial charge in [0.05, 0.1) is 5.69 Å². The van der Waals surface area contributed by atoms with E-state index in [1.165, 1.54) is 23.5 Å². The first kappa shape index (κ1) is 13.0. The molecular formula is C14H16FNOS. The Morgan fingerprint density at radius 2 is 2.17 bits per heavy atom. The second-order valence-electron chi connectivity index (χ2n) is 4.37. The molecule has 0 saturated heterocycles. The summed E-state index contributed by atoms with van der Waals surface area (Å²) in [4.78, 5) is 14.2. The van der Waals surface area contributed by atoms with E-state index in [1.54, 1.807) is 6.07 Å². The van der Waals surface area contributed by atoms with Gasteiger partial charge in [0.2, 0.25) is 5.43 Å². The number of fused-ring (bicyclic) bond motifs is 1. The zero-order valence-electron chi connectivity index (χ0n) is 10.6. The molecule has 0 fully saturated rings. The first-order chi connectivity index (χ1) is 8.63. The summed E-state index contributed by atoms with van der Waals surface area (Å²) >= 11 is 1.48. The highest BCUT2D eigenvalue weighted by Crippen LogP contribution is 2.21. The minimum atomic E-state index is -0.361. The van der Waals surface area contributed by atoms with Gasteiger partial charge in [-0.3, -0.25) is 4.79 Å². The number of rotatable bonds is 4. The van der Waals surface area contributed by atoms with Crippen LogP contribution in [0.5, 0.6) is 0 Å². The molecule has 2 aromatic rings. The van der Waals surface area contributed by atoms with Gasteiger partial charge in [-0.05, 0) is 24.6 Å². The number of hydrogen-bond acceptors (Lipinski definition) is 3. The van der Waals surface area contributed by atoms with Gasteiger partial charge in [-0.25, -0.2) is 4.39 Å². The van der Waals surface area contributed by atoms with Crippen LogP contribution >= 0.6 is 11.3 Å². The van der Waals surface area contributed by atoms with Crippen molar-refractivity contribution in [3.63, 3.8) is 0 Å². The van der Waals surface area contributed by atoms with Crippen molar-refractivity contribution >= 4 is 27.1 Å². The van der Waals surface area contributed by atoms with Gasteiger partial charge in [0.1, 0.15) is 5.82 Å². The van der Waals surface area contributed by atoms with E-state index in [-0.39, 0.29) is 11.2 Å². The molecule has 96 valence electrons. The van der Waals surface area contributed by atoms with Crippen LogP contribution in [0.3, 0.4) is 0 Å². The van der Waals surface area contributed by atoms with Gasteiger partial charge in [-0.2, -0.15) is 0 Å². The lowest BCUT2D eigenvalue weighted by Gasteiger charge is -2.18. The number of nitrogens with zero attached hydrogens (tertiary/aromatic N) is 1. The van der Waals surface area contributed by atoms with Crippen LogP contribution in [0.1, 0.15) is 19.8 Å². The summed E-state index contributed by atoms with van der Waals surface area (Å²) in [6.07, 6.45) is 2.13. The fourth-order valence-electron chi connectivity index (χ4n) is 1.87. The molecule has 1 heterocycles. The minimum Gasteiger partial charge on any atom is -0.371 e. The monoisotopic (exact) mass is 265 g/mol. The molecule has 4 heteroatoms. The minimum absolute atomic E-state index is 0.0816. The summed E-state index contributed by atoms with van der Waals surface area (Å²) in [5.74, 6) is -0.361. The fraction of sp³-hybridized carbons (Fsp3) is 0.357. The Morgan fingerprint density at radius 3 is 2.89 bits per heavy atom. The van der Waals surface area contributed by atoms with Gasteiger partial charge >= 0.3 is 0 Å². The van der Waals surface area contributed by atoms with Crippen molar-refractivity contribution in [2.45, 2.75) is 19.8 Å². The van der Waals surface area contributed by atoms with Crippen molar-refractivity contribution < 1.29 is 4.39 Å². The van der Waals surface area contributed by atoms with E-state index in [9.17, 15) is 9.18 Å². The Balaban J connectivity index is 2.47. The third-order valence-electron chi connectivity index (χ3n) is 2.97.